The van der Waals surface area contributed by atoms with Crippen molar-refractivity contribution in [2.24, 2.45) is 5.41 Å². The molecule has 0 unspecified atom stereocenters. The van der Waals surface area contributed by atoms with E-state index < -0.39 is 21.8 Å². The second kappa shape index (κ2) is 9.84. The number of rotatable bonds is 7. The Labute approximate surface area is 208 Å². The molecule has 0 aliphatic carbocycles. The van der Waals surface area contributed by atoms with Gasteiger partial charge in [-0.2, -0.15) is 8.42 Å². The molecule has 0 radical (unpaired) electrons. The first-order valence-electron chi connectivity index (χ1n) is 11.0. The van der Waals surface area contributed by atoms with E-state index in [2.05, 4.69) is 5.32 Å². The van der Waals surface area contributed by atoms with Gasteiger partial charge in [-0.3, -0.25) is 14.1 Å². The van der Waals surface area contributed by atoms with Crippen LogP contribution >= 0.6 is 11.3 Å². The van der Waals surface area contributed by atoms with Gasteiger partial charge in [0.15, 0.2) is 11.5 Å². The summed E-state index contributed by atoms with van der Waals surface area (Å²) in [7, 11) is -4.35. The van der Waals surface area contributed by atoms with Crippen molar-refractivity contribution in [2.75, 3.05) is 17.9 Å². The zero-order chi connectivity index (χ0) is 25.2. The van der Waals surface area contributed by atoms with Crippen LogP contribution in [0, 0.1) is 5.41 Å². The van der Waals surface area contributed by atoms with Crippen LogP contribution in [0.4, 0.5) is 5.69 Å². The molecule has 0 spiro atoms. The van der Waals surface area contributed by atoms with E-state index in [9.17, 15) is 13.2 Å². The SMILES string of the molecule is CC(C)(C)C(=O)N[C@@H](Cc1ccc(NS(=O)(=O)O)cc1)c1nc(-c2ccc3c(c2)OCCO3)cs1. The standard InChI is InChI=1S/C24H27N3O6S2/c1-24(2,3)23(28)26-18(12-15-4-7-17(8-5-15)27-35(29,30)31)22-25-19(14-34-22)16-6-9-20-21(13-16)33-11-10-32-20/h4-9,13-14,18,27H,10-12H2,1-3H3,(H,26,28)(H,29,30,31)/t18-/m0/s1. The van der Waals surface area contributed by atoms with Crippen LogP contribution in [0.1, 0.15) is 37.4 Å². The number of carbonyl (C=O) groups is 1. The summed E-state index contributed by atoms with van der Waals surface area (Å²) in [5, 5.41) is 5.79. The quantitative estimate of drug-likeness (QED) is 0.400. The third-order valence-electron chi connectivity index (χ3n) is 5.29. The Morgan fingerprint density at radius 1 is 1.11 bits per heavy atom. The van der Waals surface area contributed by atoms with Crippen LogP contribution in [0.25, 0.3) is 11.3 Å². The van der Waals surface area contributed by atoms with Gasteiger partial charge >= 0.3 is 10.3 Å². The van der Waals surface area contributed by atoms with E-state index in [1.807, 2.05) is 49.1 Å². The summed E-state index contributed by atoms with van der Waals surface area (Å²) in [5.41, 5.74) is 2.17. The Bertz CT molecular complexity index is 1310. The number of nitrogens with one attached hydrogen (secondary N) is 2. The topological polar surface area (TPSA) is 127 Å². The number of ether oxygens (including phenoxy) is 2. The molecule has 2 heterocycles. The minimum absolute atomic E-state index is 0.108. The molecule has 1 aliphatic rings. The van der Waals surface area contributed by atoms with Crippen molar-refractivity contribution in [3.8, 4) is 22.8 Å². The maximum atomic E-state index is 12.8. The summed E-state index contributed by atoms with van der Waals surface area (Å²) < 4.78 is 44.3. The van der Waals surface area contributed by atoms with Gasteiger partial charge in [0.2, 0.25) is 5.91 Å². The highest BCUT2D eigenvalue weighted by atomic mass is 32.2. The predicted molar refractivity (Wildman–Crippen MR) is 134 cm³/mol. The van der Waals surface area contributed by atoms with Crippen LogP contribution in [-0.4, -0.2) is 37.1 Å². The molecular weight excluding hydrogens is 490 g/mol. The summed E-state index contributed by atoms with van der Waals surface area (Å²) in [5.74, 6) is 1.28. The number of benzene rings is 2. The normalized spacial score (nSPS) is 14.3. The molecule has 3 N–H and O–H groups in total. The summed E-state index contributed by atoms with van der Waals surface area (Å²) in [6.45, 7) is 6.56. The summed E-state index contributed by atoms with van der Waals surface area (Å²) in [6, 6.07) is 11.9. The zero-order valence-corrected chi connectivity index (χ0v) is 21.2. The Morgan fingerprint density at radius 2 is 1.80 bits per heavy atom. The number of carbonyl (C=O) groups excluding carboxylic acids is 1. The average molecular weight is 518 g/mol. The number of fused-ring (bicyclic) bond motifs is 1. The van der Waals surface area contributed by atoms with Gasteiger partial charge in [0.1, 0.15) is 18.2 Å². The minimum Gasteiger partial charge on any atom is -0.486 e. The van der Waals surface area contributed by atoms with E-state index in [1.165, 1.54) is 11.3 Å². The van der Waals surface area contributed by atoms with E-state index in [1.54, 1.807) is 24.3 Å². The third kappa shape index (κ3) is 6.50. The molecule has 3 aromatic rings. The number of amides is 1. The molecule has 9 nitrogen and oxygen atoms in total. The number of hydrogen-bond donors (Lipinski definition) is 3. The molecule has 4 rings (SSSR count). The molecule has 1 aromatic heterocycles. The number of nitrogens with zero attached hydrogens (tertiary/aromatic N) is 1. The first-order chi connectivity index (χ1) is 16.5. The van der Waals surface area contributed by atoms with Crippen LogP contribution in [0.3, 0.4) is 0 Å². The van der Waals surface area contributed by atoms with Crippen molar-refractivity contribution in [1.29, 1.82) is 0 Å². The van der Waals surface area contributed by atoms with Gasteiger partial charge < -0.3 is 14.8 Å². The van der Waals surface area contributed by atoms with E-state index in [0.717, 1.165) is 21.8 Å². The van der Waals surface area contributed by atoms with Gasteiger partial charge in [0.05, 0.1) is 17.4 Å². The lowest BCUT2D eigenvalue weighted by atomic mass is 9.94. The first kappa shape index (κ1) is 25.0. The van der Waals surface area contributed by atoms with E-state index in [4.69, 9.17) is 19.0 Å². The van der Waals surface area contributed by atoms with Crippen LogP contribution in [0.2, 0.25) is 0 Å². The third-order valence-corrected chi connectivity index (χ3v) is 6.74. The van der Waals surface area contributed by atoms with Crippen molar-refractivity contribution >= 4 is 33.2 Å². The molecule has 0 fully saturated rings. The Kier molecular flexibility index (Phi) is 7.02. The Balaban J connectivity index is 1.58. The van der Waals surface area contributed by atoms with Crippen LogP contribution in [0.15, 0.2) is 47.8 Å². The lowest BCUT2D eigenvalue weighted by molar-refractivity contribution is -0.129. The van der Waals surface area contributed by atoms with Crippen molar-refractivity contribution < 1.29 is 27.2 Å². The highest BCUT2D eigenvalue weighted by Gasteiger charge is 2.27. The number of thiazole rings is 1. The van der Waals surface area contributed by atoms with Crippen LogP contribution < -0.4 is 19.5 Å². The van der Waals surface area contributed by atoms with Gasteiger partial charge in [-0.1, -0.05) is 32.9 Å². The molecular formula is C24H27N3O6S2. The zero-order valence-electron chi connectivity index (χ0n) is 19.6. The van der Waals surface area contributed by atoms with Crippen LogP contribution in [-0.2, 0) is 21.5 Å². The fraction of sp³-hybridized carbons (Fsp3) is 0.333. The maximum Gasteiger partial charge on any atom is 0.357 e. The molecule has 11 heteroatoms. The van der Waals surface area contributed by atoms with Crippen molar-refractivity contribution in [1.82, 2.24) is 10.3 Å². The van der Waals surface area contributed by atoms with Gasteiger partial charge in [-0.15, -0.1) is 11.3 Å². The Morgan fingerprint density at radius 3 is 2.46 bits per heavy atom. The summed E-state index contributed by atoms with van der Waals surface area (Å²) >= 11 is 1.45. The fourth-order valence-corrected chi connectivity index (χ4v) is 4.76. The largest absolute Gasteiger partial charge is 0.486 e. The molecule has 0 bridgehead atoms. The molecule has 1 amide bonds. The van der Waals surface area contributed by atoms with Crippen molar-refractivity contribution in [3.63, 3.8) is 0 Å². The highest BCUT2D eigenvalue weighted by molar-refractivity contribution is 7.87. The van der Waals surface area contributed by atoms with Crippen molar-refractivity contribution in [3.05, 3.63) is 58.4 Å². The summed E-state index contributed by atoms with van der Waals surface area (Å²) in [6.07, 6.45) is 0.446. The van der Waals surface area contributed by atoms with Gasteiger partial charge in [0, 0.05) is 16.4 Å². The van der Waals surface area contributed by atoms with E-state index >= 15 is 0 Å². The second-order valence-electron chi connectivity index (χ2n) is 9.18. The molecule has 0 saturated heterocycles. The monoisotopic (exact) mass is 517 g/mol. The molecule has 1 aliphatic heterocycles. The smallest absolute Gasteiger partial charge is 0.357 e. The first-order valence-corrected chi connectivity index (χ1v) is 13.3. The second-order valence-corrected chi connectivity index (χ2v) is 11.2. The minimum atomic E-state index is -4.35. The number of hydrogen-bond acceptors (Lipinski definition) is 7. The number of aromatic nitrogens is 1. The summed E-state index contributed by atoms with van der Waals surface area (Å²) in [4.78, 5) is 17.6. The van der Waals surface area contributed by atoms with Gasteiger partial charge in [-0.05, 0) is 42.3 Å². The van der Waals surface area contributed by atoms with Gasteiger partial charge in [0.25, 0.3) is 0 Å². The molecule has 0 saturated carbocycles. The lowest BCUT2D eigenvalue weighted by Gasteiger charge is -2.23. The Hall–Kier alpha value is -3.15. The molecule has 35 heavy (non-hydrogen) atoms. The van der Waals surface area contributed by atoms with Crippen LogP contribution in [0.5, 0.6) is 11.5 Å². The number of anilines is 1. The average Bonchev–Trinajstić information content (AvgIpc) is 3.28. The molecule has 1 atom stereocenters. The molecule has 186 valence electrons. The maximum absolute atomic E-state index is 12.8. The highest BCUT2D eigenvalue weighted by Crippen LogP contribution is 2.36. The van der Waals surface area contributed by atoms with Crippen molar-refractivity contribution in [2.45, 2.75) is 33.2 Å². The van der Waals surface area contributed by atoms with E-state index in [-0.39, 0.29) is 11.6 Å². The predicted octanol–water partition coefficient (Wildman–Crippen LogP) is 4.24. The molecule has 2 aromatic carbocycles. The lowest BCUT2D eigenvalue weighted by Crippen LogP contribution is -2.38. The van der Waals surface area contributed by atoms with E-state index in [0.29, 0.717) is 31.1 Å². The van der Waals surface area contributed by atoms with Gasteiger partial charge in [-0.25, -0.2) is 4.98 Å². The fourth-order valence-electron chi connectivity index (χ4n) is 3.45.